The Morgan fingerprint density at radius 1 is 1.29 bits per heavy atom. The van der Waals surface area contributed by atoms with Crippen molar-refractivity contribution in [2.24, 2.45) is 7.05 Å². The molecule has 0 saturated heterocycles. The number of carbonyl (C=O) groups is 1. The van der Waals surface area contributed by atoms with Crippen LogP contribution in [0.2, 0.25) is 0 Å². The SMILES string of the molecule is CN(CCc1cnn(C)c1)C(=O)c1cn(CC2COc3ccccc3O2)nn1. The molecule has 28 heavy (non-hydrogen) atoms. The highest BCUT2D eigenvalue weighted by atomic mass is 16.6. The summed E-state index contributed by atoms with van der Waals surface area (Å²) in [6.07, 6.45) is 5.93. The minimum Gasteiger partial charge on any atom is -0.486 e. The first-order valence-corrected chi connectivity index (χ1v) is 9.10. The van der Waals surface area contributed by atoms with Gasteiger partial charge in [-0.2, -0.15) is 5.10 Å². The normalized spacial score (nSPS) is 15.4. The number of benzene rings is 1. The minimum atomic E-state index is -0.192. The molecule has 0 bridgehead atoms. The zero-order valence-corrected chi connectivity index (χ0v) is 15.9. The molecular weight excluding hydrogens is 360 g/mol. The predicted octanol–water partition coefficient (Wildman–Crippen LogP) is 1.17. The Bertz CT molecular complexity index is 966. The molecule has 1 amide bonds. The van der Waals surface area contributed by atoms with Crippen molar-refractivity contribution in [2.45, 2.75) is 19.1 Å². The van der Waals surface area contributed by atoms with Crippen molar-refractivity contribution in [1.82, 2.24) is 29.7 Å². The van der Waals surface area contributed by atoms with Crippen molar-refractivity contribution in [2.75, 3.05) is 20.2 Å². The van der Waals surface area contributed by atoms with E-state index in [0.717, 1.165) is 17.7 Å². The summed E-state index contributed by atoms with van der Waals surface area (Å²) < 4.78 is 15.0. The molecule has 3 aromatic rings. The number of fused-ring (bicyclic) bond motifs is 1. The maximum atomic E-state index is 12.6. The van der Waals surface area contributed by atoms with Gasteiger partial charge in [0.15, 0.2) is 23.3 Å². The number of nitrogens with zero attached hydrogens (tertiary/aromatic N) is 6. The van der Waals surface area contributed by atoms with Gasteiger partial charge in [0.25, 0.3) is 5.91 Å². The molecule has 3 heterocycles. The number of likely N-dealkylation sites (N-methyl/N-ethyl adjacent to an activating group) is 1. The molecule has 4 rings (SSSR count). The molecule has 146 valence electrons. The van der Waals surface area contributed by atoms with Crippen LogP contribution in [0, 0.1) is 0 Å². The monoisotopic (exact) mass is 382 g/mol. The topological polar surface area (TPSA) is 87.3 Å². The summed E-state index contributed by atoms with van der Waals surface area (Å²) in [7, 11) is 3.63. The van der Waals surface area contributed by atoms with Crippen molar-refractivity contribution in [3.8, 4) is 11.5 Å². The van der Waals surface area contributed by atoms with Crippen molar-refractivity contribution < 1.29 is 14.3 Å². The van der Waals surface area contributed by atoms with Gasteiger partial charge in [0.1, 0.15) is 6.61 Å². The van der Waals surface area contributed by atoms with E-state index in [-0.39, 0.29) is 12.0 Å². The predicted molar refractivity (Wildman–Crippen MR) is 100 cm³/mol. The molecule has 1 aromatic carbocycles. The summed E-state index contributed by atoms with van der Waals surface area (Å²) >= 11 is 0. The van der Waals surface area contributed by atoms with Crippen LogP contribution in [0.5, 0.6) is 11.5 Å². The Balaban J connectivity index is 1.33. The lowest BCUT2D eigenvalue weighted by Crippen LogP contribution is -2.33. The first-order chi connectivity index (χ1) is 13.6. The third kappa shape index (κ3) is 3.98. The number of aryl methyl sites for hydroxylation is 1. The summed E-state index contributed by atoms with van der Waals surface area (Å²) in [6, 6.07) is 7.55. The molecular formula is C19H22N6O3. The van der Waals surface area contributed by atoms with E-state index in [2.05, 4.69) is 15.4 Å². The average molecular weight is 382 g/mol. The van der Waals surface area contributed by atoms with Gasteiger partial charge in [-0.25, -0.2) is 4.68 Å². The van der Waals surface area contributed by atoms with Crippen LogP contribution >= 0.6 is 0 Å². The average Bonchev–Trinajstić information content (AvgIpc) is 3.34. The van der Waals surface area contributed by atoms with Gasteiger partial charge >= 0.3 is 0 Å². The molecule has 1 aliphatic heterocycles. The Labute approximate surface area is 162 Å². The van der Waals surface area contributed by atoms with Crippen LogP contribution in [0.15, 0.2) is 42.9 Å². The van der Waals surface area contributed by atoms with Crippen LogP contribution in [0.4, 0.5) is 0 Å². The van der Waals surface area contributed by atoms with Crippen molar-refractivity contribution in [3.05, 3.63) is 54.1 Å². The van der Waals surface area contributed by atoms with Gasteiger partial charge in [0.05, 0.1) is 18.9 Å². The van der Waals surface area contributed by atoms with E-state index in [1.165, 1.54) is 0 Å². The third-order valence-corrected chi connectivity index (χ3v) is 4.56. The standard InChI is InChI=1S/C19H22N6O3/c1-23(8-7-14-9-20-24(2)10-14)19(26)16-12-25(22-21-16)11-15-13-27-17-5-3-4-6-18(17)28-15/h3-6,9-10,12,15H,7-8,11,13H2,1-2H3. The van der Waals surface area contributed by atoms with Gasteiger partial charge in [-0.3, -0.25) is 9.48 Å². The Morgan fingerprint density at radius 3 is 2.89 bits per heavy atom. The Morgan fingerprint density at radius 2 is 2.11 bits per heavy atom. The van der Waals surface area contributed by atoms with E-state index in [0.29, 0.717) is 31.1 Å². The molecule has 0 fully saturated rings. The fraction of sp³-hybridized carbons (Fsp3) is 0.368. The number of carbonyl (C=O) groups excluding carboxylic acids is 1. The largest absolute Gasteiger partial charge is 0.486 e. The molecule has 0 saturated carbocycles. The van der Waals surface area contributed by atoms with Crippen molar-refractivity contribution >= 4 is 5.91 Å². The third-order valence-electron chi connectivity index (χ3n) is 4.56. The van der Waals surface area contributed by atoms with Crippen LogP contribution in [-0.2, 0) is 20.0 Å². The molecule has 1 unspecified atom stereocenters. The second-order valence-electron chi connectivity index (χ2n) is 6.82. The van der Waals surface area contributed by atoms with Gasteiger partial charge in [-0.1, -0.05) is 17.3 Å². The summed E-state index contributed by atoms with van der Waals surface area (Å²) in [5.41, 5.74) is 1.39. The lowest BCUT2D eigenvalue weighted by atomic mass is 10.2. The molecule has 9 heteroatoms. The van der Waals surface area contributed by atoms with Crippen molar-refractivity contribution in [3.63, 3.8) is 0 Å². The second kappa shape index (κ2) is 7.71. The minimum absolute atomic E-state index is 0.165. The fourth-order valence-corrected chi connectivity index (χ4v) is 3.04. The number of ether oxygens (including phenoxy) is 2. The van der Waals surface area contributed by atoms with E-state index in [4.69, 9.17) is 9.47 Å². The highest BCUT2D eigenvalue weighted by Crippen LogP contribution is 2.31. The molecule has 9 nitrogen and oxygen atoms in total. The molecule has 1 atom stereocenters. The Hall–Kier alpha value is -3.36. The van der Waals surface area contributed by atoms with E-state index >= 15 is 0 Å². The van der Waals surface area contributed by atoms with Crippen LogP contribution in [0.3, 0.4) is 0 Å². The van der Waals surface area contributed by atoms with E-state index in [1.807, 2.05) is 37.5 Å². The van der Waals surface area contributed by atoms with Gasteiger partial charge in [0.2, 0.25) is 0 Å². The van der Waals surface area contributed by atoms with Gasteiger partial charge < -0.3 is 14.4 Å². The molecule has 0 aliphatic carbocycles. The van der Waals surface area contributed by atoms with Crippen LogP contribution < -0.4 is 9.47 Å². The number of aromatic nitrogens is 5. The maximum absolute atomic E-state index is 12.6. The summed E-state index contributed by atoms with van der Waals surface area (Å²) in [4.78, 5) is 14.2. The molecule has 1 aliphatic rings. The van der Waals surface area contributed by atoms with Gasteiger partial charge in [-0.15, -0.1) is 5.10 Å². The van der Waals surface area contributed by atoms with Crippen LogP contribution in [0.1, 0.15) is 16.1 Å². The first-order valence-electron chi connectivity index (χ1n) is 9.10. The number of para-hydroxylation sites is 2. The van der Waals surface area contributed by atoms with Crippen LogP contribution in [0.25, 0.3) is 0 Å². The zero-order chi connectivity index (χ0) is 19.5. The molecule has 0 N–H and O–H groups in total. The van der Waals surface area contributed by atoms with E-state index in [1.54, 1.807) is 33.7 Å². The van der Waals surface area contributed by atoms with Gasteiger partial charge in [0, 0.05) is 26.8 Å². The Kier molecular flexibility index (Phi) is 4.96. The molecule has 0 spiro atoms. The number of hydrogen-bond donors (Lipinski definition) is 0. The maximum Gasteiger partial charge on any atom is 0.275 e. The van der Waals surface area contributed by atoms with Crippen LogP contribution in [-0.4, -0.2) is 61.9 Å². The number of rotatable bonds is 6. The fourth-order valence-electron chi connectivity index (χ4n) is 3.04. The summed E-state index contributed by atoms with van der Waals surface area (Å²) in [6.45, 7) is 1.45. The second-order valence-corrected chi connectivity index (χ2v) is 6.82. The van der Waals surface area contributed by atoms with E-state index in [9.17, 15) is 4.79 Å². The zero-order valence-electron chi connectivity index (χ0n) is 15.9. The van der Waals surface area contributed by atoms with E-state index < -0.39 is 0 Å². The first kappa shape index (κ1) is 18.0. The molecule has 2 aromatic heterocycles. The summed E-state index contributed by atoms with van der Waals surface area (Å²) in [5, 5.41) is 12.2. The highest BCUT2D eigenvalue weighted by Gasteiger charge is 2.22. The highest BCUT2D eigenvalue weighted by molar-refractivity contribution is 5.91. The number of hydrogen-bond acceptors (Lipinski definition) is 6. The summed E-state index contributed by atoms with van der Waals surface area (Å²) in [5.74, 6) is 1.29. The lowest BCUT2D eigenvalue weighted by Gasteiger charge is -2.26. The number of amides is 1. The van der Waals surface area contributed by atoms with Crippen molar-refractivity contribution in [1.29, 1.82) is 0 Å². The smallest absolute Gasteiger partial charge is 0.275 e. The molecule has 0 radical (unpaired) electrons. The quantitative estimate of drug-likeness (QED) is 0.636. The van der Waals surface area contributed by atoms with Gasteiger partial charge in [-0.05, 0) is 24.1 Å². The lowest BCUT2D eigenvalue weighted by molar-refractivity contribution is 0.0753.